The lowest BCUT2D eigenvalue weighted by molar-refractivity contribution is -0.126. The van der Waals surface area contributed by atoms with Crippen LogP contribution in [0.4, 0.5) is 0 Å². The van der Waals surface area contributed by atoms with E-state index < -0.39 is 10.0 Å². The second-order valence-electron chi connectivity index (χ2n) is 7.26. The summed E-state index contributed by atoms with van der Waals surface area (Å²) in [6.07, 6.45) is 0.921. The molecule has 0 radical (unpaired) electrons. The number of halogens is 2. The molecular weight excluding hydrogens is 447 g/mol. The first-order valence-corrected chi connectivity index (χ1v) is 11.8. The Kier molecular flexibility index (Phi) is 7.29. The summed E-state index contributed by atoms with van der Waals surface area (Å²) >= 11 is 12.0. The molecule has 6 nitrogen and oxygen atoms in total. The van der Waals surface area contributed by atoms with Gasteiger partial charge in [0.05, 0.1) is 23.1 Å². The monoisotopic (exact) mass is 470 g/mol. The number of methoxy groups -OCH3 is 1. The summed E-state index contributed by atoms with van der Waals surface area (Å²) in [7, 11) is -2.21. The highest BCUT2D eigenvalue weighted by molar-refractivity contribution is 7.89. The molecule has 1 amide bonds. The van der Waals surface area contributed by atoms with Gasteiger partial charge < -0.3 is 10.1 Å². The van der Waals surface area contributed by atoms with Gasteiger partial charge in [-0.2, -0.15) is 4.31 Å². The molecule has 1 saturated heterocycles. The summed E-state index contributed by atoms with van der Waals surface area (Å²) in [5.41, 5.74) is 0.962. The minimum atomic E-state index is -3.68. The topological polar surface area (TPSA) is 75.7 Å². The number of sulfonamides is 1. The Labute approximate surface area is 187 Å². The van der Waals surface area contributed by atoms with E-state index >= 15 is 0 Å². The van der Waals surface area contributed by atoms with Gasteiger partial charge in [-0.1, -0.05) is 35.3 Å². The number of carbonyl (C=O) groups excluding carboxylic acids is 1. The lowest BCUT2D eigenvalue weighted by Gasteiger charge is -2.31. The first-order chi connectivity index (χ1) is 14.2. The second-order valence-corrected chi connectivity index (χ2v) is 10.0. The van der Waals surface area contributed by atoms with Crippen LogP contribution in [-0.4, -0.2) is 38.8 Å². The number of nitrogens with one attached hydrogen (secondary N) is 1. The predicted octanol–water partition coefficient (Wildman–Crippen LogP) is 4.28. The maximum absolute atomic E-state index is 12.9. The van der Waals surface area contributed by atoms with Gasteiger partial charge in [-0.3, -0.25) is 4.79 Å². The van der Waals surface area contributed by atoms with Crippen LogP contribution in [0.5, 0.6) is 5.75 Å². The highest BCUT2D eigenvalue weighted by Gasteiger charge is 2.32. The molecule has 0 bridgehead atoms. The van der Waals surface area contributed by atoms with Crippen molar-refractivity contribution in [2.75, 3.05) is 20.2 Å². The zero-order chi connectivity index (χ0) is 21.9. The summed E-state index contributed by atoms with van der Waals surface area (Å²) in [4.78, 5) is 12.8. The molecule has 0 aromatic heterocycles. The van der Waals surface area contributed by atoms with Crippen LogP contribution < -0.4 is 10.1 Å². The molecule has 1 N–H and O–H groups in total. The summed E-state index contributed by atoms with van der Waals surface area (Å²) in [6.45, 7) is 2.47. The zero-order valence-corrected chi connectivity index (χ0v) is 19.1. The number of piperidine rings is 1. The van der Waals surface area contributed by atoms with Crippen molar-refractivity contribution in [2.24, 2.45) is 5.92 Å². The zero-order valence-electron chi connectivity index (χ0n) is 16.8. The fourth-order valence-corrected chi connectivity index (χ4v) is 5.43. The van der Waals surface area contributed by atoms with Crippen molar-refractivity contribution in [3.63, 3.8) is 0 Å². The van der Waals surface area contributed by atoms with Crippen LogP contribution in [0.1, 0.15) is 31.4 Å². The molecular formula is C21H24Cl2N2O4S. The molecule has 0 unspecified atom stereocenters. The fourth-order valence-electron chi connectivity index (χ4n) is 3.48. The Morgan fingerprint density at radius 2 is 1.77 bits per heavy atom. The molecule has 0 aliphatic carbocycles. The normalized spacial score (nSPS) is 16.8. The highest BCUT2D eigenvalue weighted by atomic mass is 35.5. The first-order valence-electron chi connectivity index (χ1n) is 9.62. The van der Waals surface area contributed by atoms with E-state index in [9.17, 15) is 13.2 Å². The van der Waals surface area contributed by atoms with E-state index in [1.165, 1.54) is 29.6 Å². The maximum Gasteiger partial charge on any atom is 0.243 e. The van der Waals surface area contributed by atoms with Crippen LogP contribution in [0, 0.1) is 5.92 Å². The maximum atomic E-state index is 12.9. The number of hydrogen-bond donors (Lipinski definition) is 1. The Morgan fingerprint density at radius 3 is 2.33 bits per heavy atom. The first kappa shape index (κ1) is 22.9. The standard InChI is InChI=1S/C21H24Cl2N2O4S/c1-14(15-3-5-17(22)6-4-15)24-21(26)16-9-11-25(12-10-16)30(27,28)18-7-8-20(29-2)19(23)13-18/h3-8,13-14,16H,9-12H2,1-2H3,(H,24,26)/t14-/m1/s1. The number of ether oxygens (including phenoxy) is 1. The van der Waals surface area contributed by atoms with Crippen LogP contribution in [-0.2, 0) is 14.8 Å². The van der Waals surface area contributed by atoms with Crippen molar-refractivity contribution in [3.05, 3.63) is 58.1 Å². The molecule has 1 heterocycles. The number of hydrogen-bond acceptors (Lipinski definition) is 4. The largest absolute Gasteiger partial charge is 0.495 e. The minimum absolute atomic E-state index is 0.0676. The van der Waals surface area contributed by atoms with E-state index in [0.717, 1.165) is 5.56 Å². The molecule has 0 spiro atoms. The molecule has 1 aliphatic heterocycles. The van der Waals surface area contributed by atoms with Crippen molar-refractivity contribution in [1.29, 1.82) is 0 Å². The quantitative estimate of drug-likeness (QED) is 0.683. The van der Waals surface area contributed by atoms with E-state index in [1.54, 1.807) is 12.1 Å². The third kappa shape index (κ3) is 5.09. The van der Waals surface area contributed by atoms with E-state index in [2.05, 4.69) is 5.32 Å². The molecule has 1 fully saturated rings. The van der Waals surface area contributed by atoms with Crippen molar-refractivity contribution < 1.29 is 17.9 Å². The lowest BCUT2D eigenvalue weighted by atomic mass is 9.96. The van der Waals surface area contributed by atoms with Gasteiger partial charge in [0.2, 0.25) is 15.9 Å². The summed E-state index contributed by atoms with van der Waals surface area (Å²) in [5, 5.41) is 3.89. The van der Waals surface area contributed by atoms with Gasteiger partial charge in [-0.05, 0) is 55.7 Å². The van der Waals surface area contributed by atoms with Gasteiger partial charge in [0.15, 0.2) is 0 Å². The summed E-state index contributed by atoms with van der Waals surface area (Å²) in [6, 6.07) is 11.6. The number of amides is 1. The van der Waals surface area contributed by atoms with Gasteiger partial charge >= 0.3 is 0 Å². The molecule has 0 saturated carbocycles. The number of nitrogens with zero attached hydrogens (tertiary/aromatic N) is 1. The molecule has 1 atom stereocenters. The van der Waals surface area contributed by atoms with E-state index in [4.69, 9.17) is 27.9 Å². The number of rotatable bonds is 6. The fraction of sp³-hybridized carbons (Fsp3) is 0.381. The SMILES string of the molecule is COc1ccc(S(=O)(=O)N2CCC(C(=O)N[C@H](C)c3ccc(Cl)cc3)CC2)cc1Cl. The molecule has 2 aromatic rings. The Balaban J connectivity index is 1.60. The Morgan fingerprint density at radius 1 is 1.13 bits per heavy atom. The van der Waals surface area contributed by atoms with Crippen molar-refractivity contribution in [2.45, 2.75) is 30.7 Å². The van der Waals surface area contributed by atoms with Crippen molar-refractivity contribution in [1.82, 2.24) is 9.62 Å². The molecule has 162 valence electrons. The van der Waals surface area contributed by atoms with E-state index in [1.807, 2.05) is 19.1 Å². The van der Waals surface area contributed by atoms with Gasteiger partial charge in [0, 0.05) is 24.0 Å². The predicted molar refractivity (Wildman–Crippen MR) is 117 cm³/mol. The smallest absolute Gasteiger partial charge is 0.243 e. The molecule has 9 heteroatoms. The number of benzene rings is 2. The summed E-state index contributed by atoms with van der Waals surface area (Å²) < 4.78 is 32.3. The lowest BCUT2D eigenvalue weighted by Crippen LogP contribution is -2.43. The van der Waals surface area contributed by atoms with Crippen LogP contribution >= 0.6 is 23.2 Å². The van der Waals surface area contributed by atoms with Crippen LogP contribution in [0.2, 0.25) is 10.0 Å². The van der Waals surface area contributed by atoms with Gasteiger partial charge in [0.1, 0.15) is 5.75 Å². The van der Waals surface area contributed by atoms with Crippen LogP contribution in [0.3, 0.4) is 0 Å². The van der Waals surface area contributed by atoms with Crippen molar-refractivity contribution in [3.8, 4) is 5.75 Å². The molecule has 3 rings (SSSR count). The van der Waals surface area contributed by atoms with E-state index in [-0.39, 0.29) is 40.9 Å². The van der Waals surface area contributed by atoms with Crippen LogP contribution in [0.25, 0.3) is 0 Å². The molecule has 2 aromatic carbocycles. The number of carbonyl (C=O) groups is 1. The Bertz CT molecular complexity index is 1000. The minimum Gasteiger partial charge on any atom is -0.495 e. The van der Waals surface area contributed by atoms with Gasteiger partial charge in [-0.25, -0.2) is 8.42 Å². The molecule has 1 aliphatic rings. The average molecular weight is 471 g/mol. The van der Waals surface area contributed by atoms with Gasteiger partial charge in [0.25, 0.3) is 0 Å². The third-order valence-electron chi connectivity index (χ3n) is 5.31. The van der Waals surface area contributed by atoms with E-state index in [0.29, 0.717) is 23.6 Å². The van der Waals surface area contributed by atoms with Crippen molar-refractivity contribution >= 4 is 39.1 Å². The van der Waals surface area contributed by atoms with Gasteiger partial charge in [-0.15, -0.1) is 0 Å². The Hall–Kier alpha value is -1.80. The highest BCUT2D eigenvalue weighted by Crippen LogP contribution is 2.30. The molecule has 30 heavy (non-hydrogen) atoms. The summed E-state index contributed by atoms with van der Waals surface area (Å²) in [5.74, 6) is 0.119. The average Bonchev–Trinajstić information content (AvgIpc) is 2.74. The third-order valence-corrected chi connectivity index (χ3v) is 7.76. The van der Waals surface area contributed by atoms with Crippen LogP contribution in [0.15, 0.2) is 47.4 Å². The second kappa shape index (κ2) is 9.56.